The monoisotopic (exact) mass is 256 g/mol. The molecule has 1 heterocycles. The third-order valence-corrected chi connectivity index (χ3v) is 3.03. The Bertz CT molecular complexity index is 647. The lowest BCUT2D eigenvalue weighted by Crippen LogP contribution is -2.18. The predicted octanol–water partition coefficient (Wildman–Crippen LogP) is 2.24. The minimum atomic E-state index is -1.16. The molecule has 0 saturated heterocycles. The van der Waals surface area contributed by atoms with E-state index in [2.05, 4.69) is 0 Å². The molecule has 1 aliphatic heterocycles. The number of phenolic OH excluding ortho intramolecular Hbond substituents is 2. The summed E-state index contributed by atoms with van der Waals surface area (Å²) in [5.74, 6) is -0.549. The van der Waals surface area contributed by atoms with Gasteiger partial charge in [0.05, 0.1) is 0 Å². The smallest absolute Gasteiger partial charge is 0.218 e. The van der Waals surface area contributed by atoms with Crippen LogP contribution in [0.3, 0.4) is 0 Å². The lowest BCUT2D eigenvalue weighted by molar-refractivity contribution is 0.0203. The van der Waals surface area contributed by atoms with Crippen molar-refractivity contribution in [3.8, 4) is 17.2 Å². The summed E-state index contributed by atoms with van der Waals surface area (Å²) in [4.78, 5) is 0. The zero-order valence-corrected chi connectivity index (χ0v) is 9.95. The Kier molecular flexibility index (Phi) is 2.65. The van der Waals surface area contributed by atoms with Gasteiger partial charge in [0.25, 0.3) is 0 Å². The first-order valence-electron chi connectivity index (χ1n) is 5.84. The number of fused-ring (bicyclic) bond motifs is 1. The third kappa shape index (κ3) is 1.92. The van der Waals surface area contributed by atoms with Crippen LogP contribution in [-0.4, -0.2) is 21.6 Å². The number of aromatic hydroxyl groups is 2. The average molecular weight is 256 g/mol. The molecular weight excluding hydrogens is 244 g/mol. The molecule has 0 fully saturated rings. The van der Waals surface area contributed by atoms with Gasteiger partial charge in [0.2, 0.25) is 12.0 Å². The highest BCUT2D eigenvalue weighted by atomic mass is 16.6. The van der Waals surface area contributed by atoms with Crippen LogP contribution in [0.2, 0.25) is 0 Å². The van der Waals surface area contributed by atoms with Gasteiger partial charge in [0.15, 0.2) is 11.5 Å². The van der Waals surface area contributed by atoms with E-state index in [-0.39, 0.29) is 17.2 Å². The lowest BCUT2D eigenvalue weighted by atomic mass is 9.94. The Hall–Kier alpha value is -2.46. The first-order valence-corrected chi connectivity index (χ1v) is 5.84. The van der Waals surface area contributed by atoms with Gasteiger partial charge in [-0.1, -0.05) is 30.3 Å². The second-order valence-corrected chi connectivity index (χ2v) is 4.26. The Morgan fingerprint density at radius 2 is 1.68 bits per heavy atom. The van der Waals surface area contributed by atoms with E-state index in [1.54, 1.807) is 12.1 Å². The van der Waals surface area contributed by atoms with Gasteiger partial charge >= 0.3 is 0 Å². The van der Waals surface area contributed by atoms with Crippen molar-refractivity contribution in [3.63, 3.8) is 0 Å². The number of hydrogen-bond donors (Lipinski definition) is 3. The number of hydrogen-bond acceptors (Lipinski definition) is 4. The summed E-state index contributed by atoms with van der Waals surface area (Å²) in [7, 11) is 0. The molecule has 0 aliphatic carbocycles. The largest absolute Gasteiger partial charge is 0.504 e. The first kappa shape index (κ1) is 11.6. The fourth-order valence-corrected chi connectivity index (χ4v) is 2.15. The van der Waals surface area contributed by atoms with E-state index >= 15 is 0 Å². The van der Waals surface area contributed by atoms with Gasteiger partial charge < -0.3 is 20.1 Å². The van der Waals surface area contributed by atoms with Crippen molar-refractivity contribution in [2.24, 2.45) is 0 Å². The zero-order valence-electron chi connectivity index (χ0n) is 9.95. The van der Waals surface area contributed by atoms with E-state index in [0.717, 1.165) is 11.1 Å². The Balaban J connectivity index is 2.20. The van der Waals surface area contributed by atoms with Gasteiger partial charge in [-0.15, -0.1) is 0 Å². The van der Waals surface area contributed by atoms with Crippen molar-refractivity contribution in [2.45, 2.75) is 6.29 Å². The first-order chi connectivity index (χ1) is 9.16. The molecule has 0 radical (unpaired) electrons. The van der Waals surface area contributed by atoms with Gasteiger partial charge in [-0.2, -0.15) is 0 Å². The van der Waals surface area contributed by atoms with E-state index < -0.39 is 6.29 Å². The maximum Gasteiger partial charge on any atom is 0.218 e. The van der Waals surface area contributed by atoms with Crippen LogP contribution in [0.5, 0.6) is 17.2 Å². The van der Waals surface area contributed by atoms with Crippen molar-refractivity contribution < 1.29 is 20.1 Å². The average Bonchev–Trinajstić information content (AvgIpc) is 2.44. The molecule has 4 heteroatoms. The van der Waals surface area contributed by atoms with Crippen molar-refractivity contribution in [1.29, 1.82) is 0 Å². The minimum Gasteiger partial charge on any atom is -0.504 e. The molecule has 0 bridgehead atoms. The highest BCUT2D eigenvalue weighted by molar-refractivity contribution is 5.86. The summed E-state index contributed by atoms with van der Waals surface area (Å²) in [6.45, 7) is 0. The van der Waals surface area contributed by atoms with Gasteiger partial charge in [-0.3, -0.25) is 0 Å². The number of aliphatic hydroxyl groups excluding tert-OH is 1. The number of rotatable bonds is 1. The van der Waals surface area contributed by atoms with E-state index in [1.165, 1.54) is 6.07 Å². The minimum absolute atomic E-state index is 0.0915. The van der Waals surface area contributed by atoms with Crippen molar-refractivity contribution in [2.75, 3.05) is 0 Å². The molecule has 1 unspecified atom stereocenters. The molecule has 4 nitrogen and oxygen atoms in total. The molecule has 0 spiro atoms. The molecule has 3 rings (SSSR count). The lowest BCUT2D eigenvalue weighted by Gasteiger charge is -2.23. The Morgan fingerprint density at radius 1 is 0.947 bits per heavy atom. The SMILES string of the molecule is Oc1ccc2c(c1O)OC(O)C=C2c1ccccc1. The molecule has 3 N–H and O–H groups in total. The number of ether oxygens (including phenoxy) is 1. The highest BCUT2D eigenvalue weighted by Crippen LogP contribution is 2.45. The van der Waals surface area contributed by atoms with Crippen molar-refractivity contribution in [3.05, 3.63) is 59.7 Å². The van der Waals surface area contributed by atoms with Gasteiger partial charge in [-0.05, 0) is 29.3 Å². The summed E-state index contributed by atoms with van der Waals surface area (Å²) in [6, 6.07) is 12.5. The highest BCUT2D eigenvalue weighted by Gasteiger charge is 2.24. The molecule has 0 saturated carbocycles. The Labute approximate surface area is 109 Å². The fraction of sp³-hybridized carbons (Fsp3) is 0.0667. The molecule has 0 aromatic heterocycles. The fourth-order valence-electron chi connectivity index (χ4n) is 2.15. The van der Waals surface area contributed by atoms with Crippen LogP contribution >= 0.6 is 0 Å². The zero-order chi connectivity index (χ0) is 13.4. The topological polar surface area (TPSA) is 69.9 Å². The van der Waals surface area contributed by atoms with Crippen LogP contribution in [0, 0.1) is 0 Å². The van der Waals surface area contributed by atoms with Crippen LogP contribution in [0.1, 0.15) is 11.1 Å². The number of phenols is 2. The van der Waals surface area contributed by atoms with Crippen molar-refractivity contribution in [1.82, 2.24) is 0 Å². The van der Waals surface area contributed by atoms with Crippen LogP contribution < -0.4 is 4.74 Å². The summed E-state index contributed by atoms with van der Waals surface area (Å²) < 4.78 is 5.16. The molecule has 1 aliphatic rings. The van der Waals surface area contributed by atoms with Crippen molar-refractivity contribution >= 4 is 5.57 Å². The molecular formula is C15H12O4. The second kappa shape index (κ2) is 4.33. The molecule has 96 valence electrons. The molecule has 2 aromatic rings. The normalized spacial score (nSPS) is 17.3. The number of benzene rings is 2. The van der Waals surface area contributed by atoms with Gasteiger partial charge in [0.1, 0.15) is 0 Å². The standard InChI is InChI=1S/C15H12O4/c16-12-7-6-10-11(9-4-2-1-3-5-9)8-13(17)19-15(10)14(12)18/h1-8,13,16-18H. The number of aliphatic hydroxyl groups is 1. The summed E-state index contributed by atoms with van der Waals surface area (Å²) in [5.41, 5.74) is 2.28. The van der Waals surface area contributed by atoms with E-state index in [0.29, 0.717) is 5.56 Å². The quantitative estimate of drug-likeness (QED) is 0.684. The van der Waals surface area contributed by atoms with Crippen LogP contribution in [0.4, 0.5) is 0 Å². The third-order valence-electron chi connectivity index (χ3n) is 3.03. The molecule has 0 amide bonds. The van der Waals surface area contributed by atoms with Crippen LogP contribution in [0.15, 0.2) is 48.5 Å². The van der Waals surface area contributed by atoms with Crippen LogP contribution in [-0.2, 0) is 0 Å². The van der Waals surface area contributed by atoms with E-state index in [1.807, 2.05) is 30.3 Å². The molecule has 1 atom stereocenters. The summed E-state index contributed by atoms with van der Waals surface area (Å²) >= 11 is 0. The maximum absolute atomic E-state index is 9.81. The summed E-state index contributed by atoms with van der Waals surface area (Å²) in [5, 5.41) is 29.0. The van der Waals surface area contributed by atoms with E-state index in [4.69, 9.17) is 4.74 Å². The second-order valence-electron chi connectivity index (χ2n) is 4.26. The Morgan fingerprint density at radius 3 is 2.42 bits per heavy atom. The molecule has 19 heavy (non-hydrogen) atoms. The molecule has 2 aromatic carbocycles. The summed E-state index contributed by atoms with van der Waals surface area (Å²) in [6.07, 6.45) is 0.407. The van der Waals surface area contributed by atoms with Gasteiger partial charge in [0, 0.05) is 5.56 Å². The predicted molar refractivity (Wildman–Crippen MR) is 69.9 cm³/mol. The van der Waals surface area contributed by atoms with E-state index in [9.17, 15) is 15.3 Å². The van der Waals surface area contributed by atoms with Crippen LogP contribution in [0.25, 0.3) is 5.57 Å². The maximum atomic E-state index is 9.81. The van der Waals surface area contributed by atoms with Gasteiger partial charge in [-0.25, -0.2) is 0 Å².